The van der Waals surface area contributed by atoms with Crippen molar-refractivity contribution in [3.05, 3.63) is 42.6 Å². The molecule has 0 aliphatic rings. The van der Waals surface area contributed by atoms with Crippen LogP contribution < -0.4 is 15.9 Å². The summed E-state index contributed by atoms with van der Waals surface area (Å²) in [5, 5.41) is 27.3. The molecule has 0 saturated carbocycles. The molecular formula is C15H14BN3O3. The number of anilines is 1. The number of aromatic nitrogens is 2. The quantitative estimate of drug-likeness (QED) is 0.611. The lowest BCUT2D eigenvalue weighted by Gasteiger charge is -2.11. The zero-order valence-electron chi connectivity index (χ0n) is 14.4. The molecule has 110 valence electrons. The van der Waals surface area contributed by atoms with Gasteiger partial charge in [-0.3, -0.25) is 0 Å². The third-order valence-electron chi connectivity index (χ3n) is 3.39. The molecule has 0 aliphatic carbocycles. The van der Waals surface area contributed by atoms with E-state index in [1.165, 1.54) is 24.4 Å². The van der Waals surface area contributed by atoms with Crippen LogP contribution in [0.4, 0.5) is 5.69 Å². The number of hydrogen-bond acceptors (Lipinski definition) is 6. The summed E-state index contributed by atoms with van der Waals surface area (Å²) in [6, 6.07) is 9.34. The fraction of sp³-hybridized carbons (Fsp3) is 0.0667. The Morgan fingerprint density at radius 2 is 2.09 bits per heavy atom. The minimum absolute atomic E-state index is 0.0839. The van der Waals surface area contributed by atoms with Crippen molar-refractivity contribution < 1.29 is 18.9 Å². The van der Waals surface area contributed by atoms with E-state index in [1.54, 1.807) is 18.2 Å². The summed E-state index contributed by atoms with van der Waals surface area (Å²) in [5.41, 5.74) is 8.00. The third kappa shape index (κ3) is 2.47. The largest absolute Gasteiger partial charge is 0.496 e. The van der Waals surface area contributed by atoms with Crippen molar-refractivity contribution >= 4 is 29.2 Å². The zero-order chi connectivity index (χ0) is 18.2. The first kappa shape index (κ1) is 11.0. The monoisotopic (exact) mass is 298 g/mol. The van der Waals surface area contributed by atoms with Crippen molar-refractivity contribution in [2.45, 2.75) is 0 Å². The molecule has 7 heteroatoms. The van der Waals surface area contributed by atoms with Crippen LogP contribution in [0.2, 0.25) is 0 Å². The van der Waals surface area contributed by atoms with Crippen LogP contribution in [0.15, 0.2) is 42.6 Å². The van der Waals surface area contributed by atoms with Crippen LogP contribution in [0.3, 0.4) is 0 Å². The SMILES string of the molecule is [2H]C([2H])([2H])Oc1ccc(B(O)O)cc1-c1ccc2c(N)cnnc2c1. The van der Waals surface area contributed by atoms with E-state index in [1.807, 2.05) is 0 Å². The minimum atomic E-state index is -2.64. The Morgan fingerprint density at radius 3 is 2.86 bits per heavy atom. The molecule has 0 atom stereocenters. The van der Waals surface area contributed by atoms with Gasteiger partial charge in [0.25, 0.3) is 0 Å². The van der Waals surface area contributed by atoms with E-state index in [9.17, 15) is 10.0 Å². The Hall–Kier alpha value is -2.64. The number of ether oxygens (including phenoxy) is 1. The Labute approximate surface area is 131 Å². The fourth-order valence-corrected chi connectivity index (χ4v) is 2.27. The number of methoxy groups -OCH3 is 1. The highest BCUT2D eigenvalue weighted by Gasteiger charge is 2.15. The molecule has 2 aromatic carbocycles. The van der Waals surface area contributed by atoms with Gasteiger partial charge in [-0.1, -0.05) is 18.2 Å². The molecule has 1 heterocycles. The van der Waals surface area contributed by atoms with Gasteiger partial charge in [0.15, 0.2) is 0 Å². The van der Waals surface area contributed by atoms with Crippen LogP contribution in [0.25, 0.3) is 22.0 Å². The first-order valence-electron chi connectivity index (χ1n) is 7.95. The molecule has 3 rings (SSSR count). The average molecular weight is 298 g/mol. The van der Waals surface area contributed by atoms with Crippen LogP contribution in [0, 0.1) is 0 Å². The molecule has 0 aliphatic heterocycles. The summed E-state index contributed by atoms with van der Waals surface area (Å²) < 4.78 is 26.9. The second-order valence-electron chi connectivity index (χ2n) is 4.76. The lowest BCUT2D eigenvalue weighted by molar-refractivity contribution is 0.415. The maximum Gasteiger partial charge on any atom is 0.488 e. The van der Waals surface area contributed by atoms with Gasteiger partial charge < -0.3 is 20.5 Å². The maximum absolute atomic E-state index is 9.39. The highest BCUT2D eigenvalue weighted by atomic mass is 16.5. The Balaban J connectivity index is 2.18. The van der Waals surface area contributed by atoms with Gasteiger partial charge in [0, 0.05) is 10.9 Å². The standard InChI is InChI=1S/C15H14BN3O3/c1-22-15-5-3-10(16(20)21)7-12(15)9-2-4-11-13(17)8-18-19-14(11)6-9/h2-8,20-21H,1H3,(H2,17,19)/i1D3. The number of benzene rings is 2. The summed E-state index contributed by atoms with van der Waals surface area (Å²) in [7, 11) is -4.34. The van der Waals surface area contributed by atoms with Gasteiger partial charge in [-0.25, -0.2) is 0 Å². The van der Waals surface area contributed by atoms with Crippen molar-refractivity contribution in [3.8, 4) is 16.9 Å². The summed E-state index contributed by atoms with van der Waals surface area (Å²) in [6.45, 7) is 0. The molecule has 3 aromatic rings. The second-order valence-corrected chi connectivity index (χ2v) is 4.76. The third-order valence-corrected chi connectivity index (χ3v) is 3.39. The average Bonchev–Trinajstić information content (AvgIpc) is 2.53. The molecular weight excluding hydrogens is 281 g/mol. The number of nitrogens with zero attached hydrogens (tertiary/aromatic N) is 2. The highest BCUT2D eigenvalue weighted by Crippen LogP contribution is 2.31. The lowest BCUT2D eigenvalue weighted by Crippen LogP contribution is -2.29. The molecule has 0 saturated heterocycles. The molecule has 4 N–H and O–H groups in total. The van der Waals surface area contributed by atoms with Gasteiger partial charge in [0.1, 0.15) is 5.75 Å². The van der Waals surface area contributed by atoms with E-state index >= 15 is 0 Å². The molecule has 0 amide bonds. The molecule has 0 unspecified atom stereocenters. The number of nitrogens with two attached hydrogens (primary N) is 1. The van der Waals surface area contributed by atoms with Gasteiger partial charge in [-0.2, -0.15) is 10.2 Å². The second kappa shape index (κ2) is 5.63. The molecule has 6 nitrogen and oxygen atoms in total. The van der Waals surface area contributed by atoms with Gasteiger partial charge in [0.2, 0.25) is 0 Å². The van der Waals surface area contributed by atoms with E-state index in [0.717, 1.165) is 0 Å². The Kier molecular flexibility index (Phi) is 2.82. The number of hydrogen-bond donors (Lipinski definition) is 3. The molecule has 1 aromatic heterocycles. The van der Waals surface area contributed by atoms with E-state index in [2.05, 4.69) is 10.2 Å². The Bertz CT molecular complexity index is 935. The maximum atomic E-state index is 9.39. The number of nitrogen functional groups attached to an aromatic ring is 1. The topological polar surface area (TPSA) is 101 Å². The van der Waals surface area contributed by atoms with Gasteiger partial charge in [-0.15, -0.1) is 0 Å². The first-order valence-corrected chi connectivity index (χ1v) is 6.45. The minimum Gasteiger partial charge on any atom is -0.496 e. The van der Waals surface area contributed by atoms with Crippen LogP contribution in [-0.4, -0.2) is 34.4 Å². The summed E-state index contributed by atoms with van der Waals surface area (Å²) in [5.74, 6) is 0.0839. The van der Waals surface area contributed by atoms with E-state index in [4.69, 9.17) is 14.6 Å². The van der Waals surface area contributed by atoms with Gasteiger partial charge in [-0.05, 0) is 29.2 Å². The predicted molar refractivity (Wildman–Crippen MR) is 85.8 cm³/mol. The molecule has 0 radical (unpaired) electrons. The smallest absolute Gasteiger partial charge is 0.488 e. The predicted octanol–water partition coefficient (Wildman–Crippen LogP) is 0.567. The summed E-state index contributed by atoms with van der Waals surface area (Å²) >= 11 is 0. The molecule has 0 fully saturated rings. The van der Waals surface area contributed by atoms with E-state index in [0.29, 0.717) is 27.7 Å². The van der Waals surface area contributed by atoms with Crippen LogP contribution >= 0.6 is 0 Å². The van der Waals surface area contributed by atoms with Crippen molar-refractivity contribution in [1.82, 2.24) is 10.2 Å². The van der Waals surface area contributed by atoms with Crippen molar-refractivity contribution in [1.29, 1.82) is 0 Å². The molecule has 0 spiro atoms. The van der Waals surface area contributed by atoms with Crippen molar-refractivity contribution in [2.24, 2.45) is 0 Å². The van der Waals surface area contributed by atoms with E-state index in [-0.39, 0.29) is 11.2 Å². The lowest BCUT2D eigenvalue weighted by atomic mass is 9.79. The van der Waals surface area contributed by atoms with Crippen molar-refractivity contribution in [3.63, 3.8) is 0 Å². The number of rotatable bonds is 3. The Morgan fingerprint density at radius 1 is 1.23 bits per heavy atom. The summed E-state index contributed by atoms with van der Waals surface area (Å²) in [6.07, 6.45) is 1.44. The van der Waals surface area contributed by atoms with Crippen LogP contribution in [0.5, 0.6) is 5.75 Å². The fourth-order valence-electron chi connectivity index (χ4n) is 2.27. The van der Waals surface area contributed by atoms with Crippen LogP contribution in [-0.2, 0) is 0 Å². The normalized spacial score (nSPS) is 13.3. The molecule has 22 heavy (non-hydrogen) atoms. The molecule has 0 bridgehead atoms. The first-order chi connectivity index (χ1) is 11.7. The zero-order valence-corrected chi connectivity index (χ0v) is 11.4. The number of fused-ring (bicyclic) bond motifs is 1. The van der Waals surface area contributed by atoms with E-state index < -0.39 is 14.2 Å². The van der Waals surface area contributed by atoms with Gasteiger partial charge in [0.05, 0.1) is 28.6 Å². The van der Waals surface area contributed by atoms with Crippen molar-refractivity contribution in [2.75, 3.05) is 12.8 Å². The van der Waals surface area contributed by atoms with Gasteiger partial charge >= 0.3 is 7.12 Å². The highest BCUT2D eigenvalue weighted by molar-refractivity contribution is 6.58. The summed E-state index contributed by atoms with van der Waals surface area (Å²) in [4.78, 5) is 0. The van der Waals surface area contributed by atoms with Crippen LogP contribution in [0.1, 0.15) is 4.11 Å².